The van der Waals surface area contributed by atoms with Crippen molar-refractivity contribution >= 4 is 11.9 Å². The van der Waals surface area contributed by atoms with Crippen molar-refractivity contribution in [3.8, 4) is 0 Å². The van der Waals surface area contributed by atoms with Crippen LogP contribution in [0.3, 0.4) is 0 Å². The molecule has 1 rings (SSSR count). The molecular weight excluding hydrogens is 250 g/mol. The first kappa shape index (κ1) is 15.9. The molecule has 1 aliphatic rings. The summed E-state index contributed by atoms with van der Waals surface area (Å²) in [6, 6.07) is 0. The Balaban J connectivity index is 1.91. The zero-order chi connectivity index (χ0) is 13.9. The highest BCUT2D eigenvalue weighted by Crippen LogP contribution is 2.16. The van der Waals surface area contributed by atoms with Gasteiger partial charge in [0.05, 0.1) is 25.7 Å². The Kier molecular flexibility index (Phi) is 8.16. The Bertz CT molecular complexity index is 276. The van der Waals surface area contributed by atoms with E-state index in [-0.39, 0.29) is 25.0 Å². The maximum absolute atomic E-state index is 11.5. The van der Waals surface area contributed by atoms with Crippen LogP contribution in [0.15, 0.2) is 0 Å². The van der Waals surface area contributed by atoms with Gasteiger partial charge in [-0.3, -0.25) is 9.59 Å². The fourth-order valence-corrected chi connectivity index (χ4v) is 1.94. The first-order chi connectivity index (χ1) is 9.18. The van der Waals surface area contributed by atoms with Crippen LogP contribution in [0.1, 0.15) is 38.5 Å². The smallest absolute Gasteiger partial charge is 0.305 e. The molecule has 110 valence electrons. The maximum atomic E-state index is 11.5. The summed E-state index contributed by atoms with van der Waals surface area (Å²) >= 11 is 0. The fourth-order valence-electron chi connectivity index (χ4n) is 1.94. The molecule has 1 fully saturated rings. The second-order valence-corrected chi connectivity index (χ2v) is 4.63. The van der Waals surface area contributed by atoms with Crippen molar-refractivity contribution < 1.29 is 24.2 Å². The average Bonchev–Trinajstić information content (AvgIpc) is 2.41. The topological polar surface area (TPSA) is 84.9 Å². The van der Waals surface area contributed by atoms with E-state index in [9.17, 15) is 9.59 Å². The summed E-state index contributed by atoms with van der Waals surface area (Å²) in [6.45, 7) is 1.76. The highest BCUT2D eigenvalue weighted by Gasteiger charge is 2.14. The van der Waals surface area contributed by atoms with Crippen LogP contribution < -0.4 is 5.32 Å². The summed E-state index contributed by atoms with van der Waals surface area (Å²) < 4.78 is 10.6. The van der Waals surface area contributed by atoms with Crippen molar-refractivity contribution in [2.24, 2.45) is 0 Å². The minimum absolute atomic E-state index is 0.00370. The summed E-state index contributed by atoms with van der Waals surface area (Å²) in [5.41, 5.74) is 0. The molecule has 0 aromatic heterocycles. The second kappa shape index (κ2) is 9.75. The summed E-state index contributed by atoms with van der Waals surface area (Å²) in [5.74, 6) is -0.882. The molecule has 1 unspecified atom stereocenters. The lowest BCUT2D eigenvalue weighted by Gasteiger charge is -2.22. The van der Waals surface area contributed by atoms with E-state index < -0.39 is 5.97 Å². The van der Waals surface area contributed by atoms with E-state index in [2.05, 4.69) is 5.32 Å². The van der Waals surface area contributed by atoms with Crippen molar-refractivity contribution in [3.05, 3.63) is 0 Å². The lowest BCUT2D eigenvalue weighted by atomic mass is 10.0. The number of ether oxygens (including phenoxy) is 2. The number of aliphatic carboxylic acids is 1. The summed E-state index contributed by atoms with van der Waals surface area (Å²) in [6.07, 6.45) is 4.82. The largest absolute Gasteiger partial charge is 0.481 e. The Morgan fingerprint density at radius 3 is 2.79 bits per heavy atom. The van der Waals surface area contributed by atoms with Crippen LogP contribution in [-0.2, 0) is 19.1 Å². The molecule has 1 amide bonds. The van der Waals surface area contributed by atoms with Crippen LogP contribution in [0, 0.1) is 0 Å². The van der Waals surface area contributed by atoms with Crippen molar-refractivity contribution in [2.45, 2.75) is 44.6 Å². The lowest BCUT2D eigenvalue weighted by molar-refractivity contribution is -0.138. The lowest BCUT2D eigenvalue weighted by Crippen LogP contribution is -2.29. The third-order valence-corrected chi connectivity index (χ3v) is 3.00. The molecule has 0 bridgehead atoms. The van der Waals surface area contributed by atoms with Gasteiger partial charge in [-0.1, -0.05) is 0 Å². The Labute approximate surface area is 113 Å². The maximum Gasteiger partial charge on any atom is 0.305 e. The van der Waals surface area contributed by atoms with Crippen molar-refractivity contribution in [1.82, 2.24) is 5.32 Å². The number of carboxylic acid groups (broad SMARTS) is 1. The van der Waals surface area contributed by atoms with E-state index in [1.807, 2.05) is 0 Å². The molecule has 1 heterocycles. The number of rotatable bonds is 9. The molecule has 1 atom stereocenters. The number of amides is 1. The van der Waals surface area contributed by atoms with Gasteiger partial charge in [0.2, 0.25) is 5.91 Å². The molecule has 0 radical (unpaired) electrons. The Morgan fingerprint density at radius 2 is 2.11 bits per heavy atom. The zero-order valence-electron chi connectivity index (χ0n) is 11.2. The molecule has 6 nitrogen and oxygen atoms in total. The van der Waals surface area contributed by atoms with Crippen LogP contribution >= 0.6 is 0 Å². The van der Waals surface area contributed by atoms with E-state index in [0.717, 1.165) is 25.9 Å². The van der Waals surface area contributed by atoms with Gasteiger partial charge in [0, 0.05) is 19.6 Å². The SMILES string of the molecule is O=C(O)CCOCCNC(=O)CCC1CCCCO1. The third-order valence-electron chi connectivity index (χ3n) is 3.00. The van der Waals surface area contributed by atoms with Gasteiger partial charge >= 0.3 is 5.97 Å². The minimum Gasteiger partial charge on any atom is -0.481 e. The molecule has 2 N–H and O–H groups in total. The van der Waals surface area contributed by atoms with Gasteiger partial charge in [-0.2, -0.15) is 0 Å². The quantitative estimate of drug-likeness (QED) is 0.611. The molecule has 6 heteroatoms. The summed E-state index contributed by atoms with van der Waals surface area (Å²) in [4.78, 5) is 21.7. The van der Waals surface area contributed by atoms with E-state index in [1.54, 1.807) is 0 Å². The van der Waals surface area contributed by atoms with Crippen molar-refractivity contribution in [1.29, 1.82) is 0 Å². The Hall–Kier alpha value is -1.14. The van der Waals surface area contributed by atoms with Crippen molar-refractivity contribution in [3.63, 3.8) is 0 Å². The van der Waals surface area contributed by atoms with Gasteiger partial charge in [0.15, 0.2) is 0 Å². The van der Waals surface area contributed by atoms with Gasteiger partial charge in [0.1, 0.15) is 0 Å². The fraction of sp³-hybridized carbons (Fsp3) is 0.846. The van der Waals surface area contributed by atoms with Crippen LogP contribution in [-0.4, -0.2) is 49.5 Å². The molecular formula is C13H23NO5. The first-order valence-corrected chi connectivity index (χ1v) is 6.86. The van der Waals surface area contributed by atoms with E-state index in [4.69, 9.17) is 14.6 Å². The number of carbonyl (C=O) groups excluding carboxylic acids is 1. The number of hydrogen-bond donors (Lipinski definition) is 2. The van der Waals surface area contributed by atoms with Gasteiger partial charge in [0.25, 0.3) is 0 Å². The average molecular weight is 273 g/mol. The molecule has 0 aromatic rings. The predicted octanol–water partition coefficient (Wildman–Crippen LogP) is 0.943. The highest BCUT2D eigenvalue weighted by molar-refractivity contribution is 5.75. The van der Waals surface area contributed by atoms with E-state index >= 15 is 0 Å². The summed E-state index contributed by atoms with van der Waals surface area (Å²) in [7, 11) is 0. The van der Waals surface area contributed by atoms with Gasteiger partial charge in [-0.15, -0.1) is 0 Å². The zero-order valence-corrected chi connectivity index (χ0v) is 11.2. The standard InChI is InChI=1S/C13H23NO5/c15-12(5-4-11-3-1-2-8-19-11)14-7-10-18-9-6-13(16)17/h11H,1-10H2,(H,14,15)(H,16,17). The molecule has 0 aromatic carbocycles. The monoisotopic (exact) mass is 273 g/mol. The Morgan fingerprint density at radius 1 is 1.26 bits per heavy atom. The number of nitrogens with one attached hydrogen (secondary N) is 1. The second-order valence-electron chi connectivity index (χ2n) is 4.63. The van der Waals surface area contributed by atoms with E-state index in [0.29, 0.717) is 19.6 Å². The van der Waals surface area contributed by atoms with E-state index in [1.165, 1.54) is 6.42 Å². The van der Waals surface area contributed by atoms with Crippen LogP contribution in [0.2, 0.25) is 0 Å². The molecule has 1 saturated heterocycles. The normalized spacial score (nSPS) is 19.1. The van der Waals surface area contributed by atoms with Gasteiger partial charge in [-0.25, -0.2) is 0 Å². The molecule has 0 spiro atoms. The third kappa shape index (κ3) is 8.56. The van der Waals surface area contributed by atoms with Crippen molar-refractivity contribution in [2.75, 3.05) is 26.4 Å². The number of hydrogen-bond acceptors (Lipinski definition) is 4. The van der Waals surface area contributed by atoms with Crippen LogP contribution in [0.4, 0.5) is 0 Å². The first-order valence-electron chi connectivity index (χ1n) is 6.86. The van der Waals surface area contributed by atoms with Gasteiger partial charge < -0.3 is 19.9 Å². The summed E-state index contributed by atoms with van der Waals surface area (Å²) in [5, 5.41) is 11.1. The molecule has 0 aliphatic carbocycles. The molecule has 1 aliphatic heterocycles. The molecule has 0 saturated carbocycles. The van der Waals surface area contributed by atoms with Crippen LogP contribution in [0.5, 0.6) is 0 Å². The number of carboxylic acids is 1. The van der Waals surface area contributed by atoms with Gasteiger partial charge in [-0.05, 0) is 25.7 Å². The highest BCUT2D eigenvalue weighted by atomic mass is 16.5. The minimum atomic E-state index is -0.878. The van der Waals surface area contributed by atoms with Crippen LogP contribution in [0.25, 0.3) is 0 Å². The molecule has 19 heavy (non-hydrogen) atoms. The number of carbonyl (C=O) groups is 2. The predicted molar refractivity (Wildman–Crippen MR) is 68.9 cm³/mol.